The van der Waals surface area contributed by atoms with Gasteiger partial charge in [0, 0.05) is 18.7 Å². The largest absolute Gasteiger partial charge is 0.361 e. The molecule has 0 saturated carbocycles. The second kappa shape index (κ2) is 7.58. The lowest BCUT2D eigenvalue weighted by Gasteiger charge is -2.29. The second-order valence-corrected chi connectivity index (χ2v) is 9.99. The third-order valence-corrected chi connectivity index (χ3v) is 7.74. The van der Waals surface area contributed by atoms with Gasteiger partial charge in [-0.25, -0.2) is 13.1 Å². The molecule has 0 aromatic heterocycles. The molecule has 0 unspecified atom stereocenters. The second-order valence-electron chi connectivity index (χ2n) is 8.22. The summed E-state index contributed by atoms with van der Waals surface area (Å²) in [6.45, 7) is -0.110. The molecule has 3 heterocycles. The van der Waals surface area contributed by atoms with Crippen molar-refractivity contribution in [2.45, 2.75) is 23.1 Å². The highest BCUT2D eigenvalue weighted by Gasteiger charge is 2.67. The van der Waals surface area contributed by atoms with Crippen LogP contribution in [0.3, 0.4) is 0 Å². The summed E-state index contributed by atoms with van der Waals surface area (Å²) in [6.07, 6.45) is 2.74. The molecule has 2 fully saturated rings. The molecule has 0 aliphatic carbocycles. The molecule has 0 spiro atoms. The van der Waals surface area contributed by atoms with Crippen molar-refractivity contribution in [1.82, 2.24) is 9.62 Å². The fourth-order valence-corrected chi connectivity index (χ4v) is 5.80. The Bertz CT molecular complexity index is 1280. The Morgan fingerprint density at radius 2 is 1.76 bits per heavy atom. The number of likely N-dealkylation sites (tertiary alicyclic amines) is 1. The van der Waals surface area contributed by atoms with Crippen LogP contribution < -0.4 is 4.72 Å². The minimum atomic E-state index is -4.04. The van der Waals surface area contributed by atoms with Crippen molar-refractivity contribution in [1.29, 1.82) is 0 Å². The maximum Gasteiger partial charge on any atom is 0.269 e. The van der Waals surface area contributed by atoms with Gasteiger partial charge in [-0.2, -0.15) is 0 Å². The van der Waals surface area contributed by atoms with Crippen LogP contribution in [0, 0.1) is 22.0 Å². The number of amides is 2. The van der Waals surface area contributed by atoms with Crippen molar-refractivity contribution in [3.63, 3.8) is 0 Å². The number of nitro benzene ring substituents is 1. The summed E-state index contributed by atoms with van der Waals surface area (Å²) >= 11 is 0. The standard InChI is InChI=1S/C22H19N3O7S/c26-20-18-17-10-11-22(32-17,19(18)21(27)24(20)12-14-4-2-1-3-5-14)13-23-33(30,31)16-8-6-15(7-9-16)25(28)29/h1-11,17-19,23H,12-13H2/t17-,18-,19+,22-/m0/s1. The summed E-state index contributed by atoms with van der Waals surface area (Å²) < 4.78 is 33.9. The third kappa shape index (κ3) is 3.45. The molecule has 2 aromatic rings. The average molecular weight is 469 g/mol. The van der Waals surface area contributed by atoms with Gasteiger partial charge >= 0.3 is 0 Å². The number of hydrogen-bond donors (Lipinski definition) is 1. The molecule has 2 bridgehead atoms. The first kappa shape index (κ1) is 21.4. The molecule has 3 aliphatic rings. The Hall–Kier alpha value is -3.41. The summed E-state index contributed by atoms with van der Waals surface area (Å²) in [7, 11) is -4.04. The highest BCUT2D eigenvalue weighted by Crippen LogP contribution is 2.51. The highest BCUT2D eigenvalue weighted by molar-refractivity contribution is 7.89. The number of nitro groups is 1. The normalized spacial score (nSPS) is 27.9. The predicted molar refractivity (Wildman–Crippen MR) is 114 cm³/mol. The quantitative estimate of drug-likeness (QED) is 0.280. The Morgan fingerprint density at radius 3 is 2.42 bits per heavy atom. The molecule has 11 heteroatoms. The number of nitrogens with zero attached hydrogens (tertiary/aromatic N) is 2. The fraction of sp³-hybridized carbons (Fsp3) is 0.273. The predicted octanol–water partition coefficient (Wildman–Crippen LogP) is 1.38. The maximum absolute atomic E-state index is 13.2. The van der Waals surface area contributed by atoms with E-state index in [1.807, 2.05) is 30.3 Å². The molecule has 10 nitrogen and oxygen atoms in total. The molecule has 3 aliphatic heterocycles. The summed E-state index contributed by atoms with van der Waals surface area (Å²) in [5, 5.41) is 10.8. The first-order valence-corrected chi connectivity index (χ1v) is 11.7. The summed E-state index contributed by atoms with van der Waals surface area (Å²) in [5.41, 5.74) is -0.695. The van der Waals surface area contributed by atoms with Crippen LogP contribution in [0.2, 0.25) is 0 Å². The molecule has 2 saturated heterocycles. The molecule has 0 radical (unpaired) electrons. The molecular weight excluding hydrogens is 450 g/mol. The zero-order chi connectivity index (χ0) is 23.4. The smallest absolute Gasteiger partial charge is 0.269 e. The van der Waals surface area contributed by atoms with Crippen molar-refractivity contribution in [2.75, 3.05) is 6.54 Å². The van der Waals surface area contributed by atoms with Gasteiger partial charge in [0.2, 0.25) is 21.8 Å². The van der Waals surface area contributed by atoms with E-state index in [4.69, 9.17) is 4.74 Å². The van der Waals surface area contributed by atoms with Crippen LogP contribution >= 0.6 is 0 Å². The molecule has 5 rings (SSSR count). The molecule has 170 valence electrons. The Labute approximate surface area is 189 Å². The van der Waals surface area contributed by atoms with Crippen molar-refractivity contribution >= 4 is 27.5 Å². The van der Waals surface area contributed by atoms with Crippen molar-refractivity contribution in [3.8, 4) is 0 Å². The average Bonchev–Trinajstić information content (AvgIpc) is 3.45. The van der Waals surface area contributed by atoms with Crippen LogP contribution in [0.25, 0.3) is 0 Å². The van der Waals surface area contributed by atoms with Crippen LogP contribution in [0.1, 0.15) is 5.56 Å². The molecule has 4 atom stereocenters. The van der Waals surface area contributed by atoms with Gasteiger partial charge in [-0.05, 0) is 17.7 Å². The molecule has 1 N–H and O–H groups in total. The first-order chi connectivity index (χ1) is 15.7. The van der Waals surface area contributed by atoms with E-state index in [9.17, 15) is 28.1 Å². The van der Waals surface area contributed by atoms with E-state index >= 15 is 0 Å². The van der Waals surface area contributed by atoms with E-state index in [2.05, 4.69) is 4.72 Å². The number of imide groups is 1. The Kier molecular flexibility index (Phi) is 4.92. The van der Waals surface area contributed by atoms with Crippen LogP contribution in [-0.2, 0) is 30.9 Å². The number of nitrogens with one attached hydrogen (secondary N) is 1. The lowest BCUT2D eigenvalue weighted by atomic mass is 9.77. The van der Waals surface area contributed by atoms with Gasteiger partial charge in [0.25, 0.3) is 5.69 Å². The number of non-ortho nitro benzene ring substituents is 1. The van der Waals surface area contributed by atoms with Gasteiger partial charge in [-0.3, -0.25) is 24.6 Å². The maximum atomic E-state index is 13.2. The summed E-state index contributed by atoms with van der Waals surface area (Å²) in [4.78, 5) is 37.5. The van der Waals surface area contributed by atoms with E-state index < -0.39 is 44.4 Å². The minimum absolute atomic E-state index is 0.142. The first-order valence-electron chi connectivity index (χ1n) is 10.2. The third-order valence-electron chi connectivity index (χ3n) is 6.33. The van der Waals surface area contributed by atoms with E-state index in [0.29, 0.717) is 0 Å². The van der Waals surface area contributed by atoms with Crippen LogP contribution in [0.15, 0.2) is 71.6 Å². The molecule has 2 aromatic carbocycles. The SMILES string of the molecule is O=C1[C@H]2[C@@H]3C=C[C@@](CNS(=O)(=O)c4ccc([N+](=O)[O-])cc4)(O3)[C@H]2C(=O)N1Cc1ccccc1. The summed E-state index contributed by atoms with van der Waals surface area (Å²) in [5.74, 6) is -2.25. The number of rotatable bonds is 7. The topological polar surface area (TPSA) is 136 Å². The van der Waals surface area contributed by atoms with Gasteiger partial charge in [-0.15, -0.1) is 0 Å². The number of sulfonamides is 1. The highest BCUT2D eigenvalue weighted by atomic mass is 32.2. The summed E-state index contributed by atoms with van der Waals surface area (Å²) in [6, 6.07) is 13.6. The number of carbonyl (C=O) groups excluding carboxylic acids is 2. The number of benzene rings is 2. The fourth-order valence-electron chi connectivity index (χ4n) is 4.73. The molecule has 33 heavy (non-hydrogen) atoms. The van der Waals surface area contributed by atoms with Gasteiger partial charge < -0.3 is 4.74 Å². The van der Waals surface area contributed by atoms with E-state index in [1.54, 1.807) is 12.2 Å². The minimum Gasteiger partial charge on any atom is -0.361 e. The van der Waals surface area contributed by atoms with E-state index in [0.717, 1.165) is 29.8 Å². The van der Waals surface area contributed by atoms with Crippen molar-refractivity contribution in [3.05, 3.63) is 82.4 Å². The van der Waals surface area contributed by atoms with Crippen LogP contribution in [-0.4, -0.2) is 48.3 Å². The van der Waals surface area contributed by atoms with Crippen molar-refractivity contribution < 1.29 is 27.7 Å². The van der Waals surface area contributed by atoms with E-state index in [1.165, 1.54) is 4.90 Å². The zero-order valence-electron chi connectivity index (χ0n) is 17.2. The number of hydrogen-bond acceptors (Lipinski definition) is 7. The number of ether oxygens (including phenoxy) is 1. The van der Waals surface area contributed by atoms with Gasteiger partial charge in [0.15, 0.2) is 0 Å². The zero-order valence-corrected chi connectivity index (χ0v) is 18.0. The van der Waals surface area contributed by atoms with E-state index in [-0.39, 0.29) is 29.6 Å². The lowest BCUT2D eigenvalue weighted by Crippen LogP contribution is -2.48. The van der Waals surface area contributed by atoms with Gasteiger partial charge in [0.1, 0.15) is 5.60 Å². The lowest BCUT2D eigenvalue weighted by molar-refractivity contribution is -0.384. The van der Waals surface area contributed by atoms with Gasteiger partial charge in [0.05, 0.1) is 34.3 Å². The number of carbonyl (C=O) groups is 2. The van der Waals surface area contributed by atoms with Gasteiger partial charge in [-0.1, -0.05) is 42.5 Å². The van der Waals surface area contributed by atoms with Crippen molar-refractivity contribution in [2.24, 2.45) is 11.8 Å². The van der Waals surface area contributed by atoms with Crippen LogP contribution in [0.5, 0.6) is 0 Å². The molecular formula is C22H19N3O7S. The Morgan fingerprint density at radius 1 is 1.06 bits per heavy atom. The monoisotopic (exact) mass is 469 g/mol. The molecule has 2 amide bonds. The Balaban J connectivity index is 1.36. The number of fused-ring (bicyclic) bond motifs is 5. The van der Waals surface area contributed by atoms with Crippen LogP contribution in [0.4, 0.5) is 5.69 Å².